The Morgan fingerprint density at radius 3 is 2.53 bits per heavy atom. The van der Waals surface area contributed by atoms with Crippen LogP contribution in [0.1, 0.15) is 37.8 Å². The van der Waals surface area contributed by atoms with Gasteiger partial charge in [0, 0.05) is 26.1 Å². The van der Waals surface area contributed by atoms with Crippen molar-refractivity contribution in [2.75, 3.05) is 19.6 Å². The predicted octanol–water partition coefficient (Wildman–Crippen LogP) is 4.09. The molecular formula is C24H32FIN4O2. The van der Waals surface area contributed by atoms with Gasteiger partial charge in [0.1, 0.15) is 6.10 Å². The third-order valence-electron chi connectivity index (χ3n) is 5.05. The molecule has 2 aromatic carbocycles. The Labute approximate surface area is 206 Å². The van der Waals surface area contributed by atoms with Crippen molar-refractivity contribution in [1.29, 1.82) is 0 Å². The normalized spacial score (nSPS) is 14.7. The fraction of sp³-hybridized carbons (Fsp3) is 0.417. The second-order valence-corrected chi connectivity index (χ2v) is 7.67. The van der Waals surface area contributed by atoms with Gasteiger partial charge in [-0.25, -0.2) is 9.38 Å². The number of guanidine groups is 1. The molecule has 1 aliphatic rings. The summed E-state index contributed by atoms with van der Waals surface area (Å²) in [5, 5.41) is 6.46. The van der Waals surface area contributed by atoms with Crippen molar-refractivity contribution >= 4 is 35.8 Å². The van der Waals surface area contributed by atoms with E-state index in [0.717, 1.165) is 30.6 Å². The Bertz CT molecular complexity index is 892. The van der Waals surface area contributed by atoms with Crippen LogP contribution in [0.3, 0.4) is 0 Å². The third kappa shape index (κ3) is 7.96. The molecule has 1 amide bonds. The summed E-state index contributed by atoms with van der Waals surface area (Å²) in [5.41, 5.74) is 2.22. The maximum Gasteiger partial charge on any atom is 0.222 e. The molecule has 1 aliphatic heterocycles. The Morgan fingerprint density at radius 2 is 1.88 bits per heavy atom. The highest BCUT2D eigenvalue weighted by atomic mass is 127. The molecule has 1 unspecified atom stereocenters. The van der Waals surface area contributed by atoms with Crippen LogP contribution >= 0.6 is 24.0 Å². The smallest absolute Gasteiger partial charge is 0.222 e. The molecule has 2 N–H and O–H groups in total. The lowest BCUT2D eigenvalue weighted by Crippen LogP contribution is -2.41. The van der Waals surface area contributed by atoms with E-state index in [1.54, 1.807) is 18.2 Å². The summed E-state index contributed by atoms with van der Waals surface area (Å²) in [7, 11) is 0. The van der Waals surface area contributed by atoms with Crippen LogP contribution in [0.5, 0.6) is 5.75 Å². The number of nitrogens with one attached hydrogen (secondary N) is 2. The fourth-order valence-corrected chi connectivity index (χ4v) is 3.39. The molecule has 1 heterocycles. The van der Waals surface area contributed by atoms with Gasteiger partial charge in [0.25, 0.3) is 0 Å². The van der Waals surface area contributed by atoms with Gasteiger partial charge >= 0.3 is 0 Å². The van der Waals surface area contributed by atoms with Crippen LogP contribution in [-0.2, 0) is 17.9 Å². The zero-order chi connectivity index (χ0) is 22.1. The Kier molecular flexibility index (Phi) is 10.7. The summed E-state index contributed by atoms with van der Waals surface area (Å²) in [5.74, 6) is 0.795. The Balaban J connectivity index is 0.00000363. The lowest BCUT2D eigenvalue weighted by Gasteiger charge is -2.18. The first-order chi connectivity index (χ1) is 15.0. The van der Waals surface area contributed by atoms with E-state index < -0.39 is 0 Å². The lowest BCUT2D eigenvalue weighted by molar-refractivity contribution is -0.128. The van der Waals surface area contributed by atoms with E-state index in [1.165, 1.54) is 6.07 Å². The highest BCUT2D eigenvalue weighted by Crippen LogP contribution is 2.17. The van der Waals surface area contributed by atoms with Crippen molar-refractivity contribution in [3.63, 3.8) is 0 Å². The van der Waals surface area contributed by atoms with Crippen LogP contribution in [0, 0.1) is 5.82 Å². The third-order valence-corrected chi connectivity index (χ3v) is 5.05. The molecule has 32 heavy (non-hydrogen) atoms. The maximum absolute atomic E-state index is 13.7. The van der Waals surface area contributed by atoms with Gasteiger partial charge in [-0.15, -0.1) is 24.0 Å². The van der Waals surface area contributed by atoms with E-state index in [-0.39, 0.29) is 47.6 Å². The van der Waals surface area contributed by atoms with E-state index in [2.05, 4.69) is 27.8 Å². The number of hydrogen-bond acceptors (Lipinski definition) is 3. The second kappa shape index (κ2) is 13.2. The minimum atomic E-state index is -0.368. The number of aliphatic imine (C=N–C) groups is 1. The van der Waals surface area contributed by atoms with E-state index in [9.17, 15) is 9.18 Å². The molecule has 0 bridgehead atoms. The molecule has 0 aromatic heterocycles. The fourth-order valence-electron chi connectivity index (χ4n) is 3.39. The van der Waals surface area contributed by atoms with Crippen LogP contribution in [-0.4, -0.2) is 42.5 Å². The molecule has 0 aliphatic carbocycles. The first kappa shape index (κ1) is 25.9. The molecule has 1 atom stereocenters. The van der Waals surface area contributed by atoms with Crippen molar-refractivity contribution in [3.05, 3.63) is 65.5 Å². The number of ether oxygens (including phenoxy) is 1. The molecule has 1 fully saturated rings. The van der Waals surface area contributed by atoms with Crippen molar-refractivity contribution in [1.82, 2.24) is 15.5 Å². The number of carbonyl (C=O) groups excluding carboxylic acids is 1. The van der Waals surface area contributed by atoms with E-state index in [0.29, 0.717) is 32.0 Å². The highest BCUT2D eigenvalue weighted by Gasteiger charge is 2.19. The van der Waals surface area contributed by atoms with Gasteiger partial charge in [0.2, 0.25) is 5.91 Å². The van der Waals surface area contributed by atoms with Gasteiger partial charge in [-0.05, 0) is 43.5 Å². The molecule has 0 saturated carbocycles. The molecule has 3 rings (SSSR count). The lowest BCUT2D eigenvalue weighted by atomic mass is 10.1. The first-order valence-corrected chi connectivity index (χ1v) is 10.8. The van der Waals surface area contributed by atoms with Crippen LogP contribution in [0.15, 0.2) is 53.5 Å². The van der Waals surface area contributed by atoms with Crippen LogP contribution in [0.4, 0.5) is 4.39 Å². The average molecular weight is 554 g/mol. The van der Waals surface area contributed by atoms with Gasteiger partial charge in [-0.1, -0.05) is 36.4 Å². The molecular weight excluding hydrogens is 522 g/mol. The highest BCUT2D eigenvalue weighted by molar-refractivity contribution is 14.0. The minimum absolute atomic E-state index is 0. The van der Waals surface area contributed by atoms with Crippen LogP contribution in [0.25, 0.3) is 0 Å². The Hall–Kier alpha value is -2.36. The van der Waals surface area contributed by atoms with Gasteiger partial charge in [-0.2, -0.15) is 0 Å². The Morgan fingerprint density at radius 1 is 1.16 bits per heavy atom. The zero-order valence-electron chi connectivity index (χ0n) is 18.6. The number of likely N-dealkylation sites (tertiary alicyclic amines) is 1. The summed E-state index contributed by atoms with van der Waals surface area (Å²) in [4.78, 5) is 18.3. The molecule has 0 radical (unpaired) electrons. The molecule has 6 nitrogen and oxygen atoms in total. The number of rotatable bonds is 9. The van der Waals surface area contributed by atoms with Gasteiger partial charge in [0.15, 0.2) is 17.5 Å². The standard InChI is InChI=1S/C24H31FN4O2.HI/c1-3-26-24(27-15-18(2)31-22-8-5-4-7-21(22)25)28-16-19-10-12-20(13-11-19)17-29-14-6-9-23(29)30;/h4-5,7-8,10-13,18H,3,6,9,14-17H2,1-2H3,(H2,26,27,28);1H. The summed E-state index contributed by atoms with van der Waals surface area (Å²) in [6.07, 6.45) is 1.39. The number of carbonyl (C=O) groups is 1. The van der Waals surface area contributed by atoms with Crippen molar-refractivity contribution in [2.24, 2.45) is 4.99 Å². The molecule has 8 heteroatoms. The topological polar surface area (TPSA) is 66.0 Å². The number of para-hydroxylation sites is 1. The molecule has 2 aromatic rings. The minimum Gasteiger partial charge on any atom is -0.486 e. The van der Waals surface area contributed by atoms with E-state index >= 15 is 0 Å². The van der Waals surface area contributed by atoms with E-state index in [1.807, 2.05) is 30.9 Å². The summed E-state index contributed by atoms with van der Waals surface area (Å²) in [6, 6.07) is 14.6. The zero-order valence-corrected chi connectivity index (χ0v) is 21.0. The second-order valence-electron chi connectivity index (χ2n) is 7.67. The number of amides is 1. The monoisotopic (exact) mass is 554 g/mol. The van der Waals surface area contributed by atoms with E-state index in [4.69, 9.17) is 4.74 Å². The molecule has 174 valence electrons. The van der Waals surface area contributed by atoms with Crippen LogP contribution in [0.2, 0.25) is 0 Å². The number of halogens is 2. The first-order valence-electron chi connectivity index (χ1n) is 10.8. The predicted molar refractivity (Wildman–Crippen MR) is 136 cm³/mol. The number of nitrogens with zero attached hydrogens (tertiary/aromatic N) is 2. The molecule has 1 saturated heterocycles. The quantitative estimate of drug-likeness (QED) is 0.279. The average Bonchev–Trinajstić information content (AvgIpc) is 3.17. The number of benzene rings is 2. The largest absolute Gasteiger partial charge is 0.486 e. The van der Waals surface area contributed by atoms with Gasteiger partial charge in [0.05, 0.1) is 13.1 Å². The van der Waals surface area contributed by atoms with Gasteiger partial charge in [-0.3, -0.25) is 4.79 Å². The number of hydrogen-bond donors (Lipinski definition) is 2. The van der Waals surface area contributed by atoms with Crippen molar-refractivity contribution in [3.8, 4) is 5.75 Å². The van der Waals surface area contributed by atoms with Crippen LogP contribution < -0.4 is 15.4 Å². The summed E-state index contributed by atoms with van der Waals surface area (Å²) < 4.78 is 19.4. The SMILES string of the molecule is CCNC(=NCc1ccc(CN2CCCC2=O)cc1)NCC(C)Oc1ccccc1F.I. The van der Waals surface area contributed by atoms with Gasteiger partial charge < -0.3 is 20.3 Å². The van der Waals surface area contributed by atoms with Crippen molar-refractivity contribution in [2.45, 2.75) is 45.9 Å². The summed E-state index contributed by atoms with van der Waals surface area (Å²) in [6.45, 7) is 7.16. The molecule has 0 spiro atoms. The summed E-state index contributed by atoms with van der Waals surface area (Å²) >= 11 is 0. The van der Waals surface area contributed by atoms with Crippen molar-refractivity contribution < 1.29 is 13.9 Å². The maximum atomic E-state index is 13.7.